The van der Waals surface area contributed by atoms with E-state index in [2.05, 4.69) is 30.9 Å². The van der Waals surface area contributed by atoms with Crippen LogP contribution in [0.3, 0.4) is 0 Å². The SMILES string of the molecule is CN(CCc1noc(C2CCCCC2)n1)S(=O)(=O)c1ccc(C(C)(C)C)cc1. The summed E-state index contributed by atoms with van der Waals surface area (Å²) in [6.45, 7) is 6.63. The second kappa shape index (κ2) is 8.33. The van der Waals surface area contributed by atoms with E-state index in [-0.39, 0.29) is 5.41 Å². The van der Waals surface area contributed by atoms with Crippen LogP contribution < -0.4 is 0 Å². The van der Waals surface area contributed by atoms with Gasteiger partial charge in [-0.3, -0.25) is 0 Å². The Hall–Kier alpha value is -1.73. The molecule has 28 heavy (non-hydrogen) atoms. The van der Waals surface area contributed by atoms with E-state index in [0.29, 0.717) is 35.5 Å². The highest BCUT2D eigenvalue weighted by atomic mass is 32.2. The number of nitrogens with zero attached hydrogens (tertiary/aromatic N) is 3. The van der Waals surface area contributed by atoms with Gasteiger partial charge in [-0.15, -0.1) is 0 Å². The second-order valence-electron chi connectivity index (χ2n) is 8.73. The average molecular weight is 406 g/mol. The molecular weight excluding hydrogens is 374 g/mol. The fraction of sp³-hybridized carbons (Fsp3) is 0.619. The third-order valence-corrected chi connectivity index (χ3v) is 7.39. The number of benzene rings is 1. The first-order chi connectivity index (χ1) is 13.2. The lowest BCUT2D eigenvalue weighted by Gasteiger charge is -2.20. The molecule has 0 spiro atoms. The van der Waals surface area contributed by atoms with Crippen LogP contribution in [-0.2, 0) is 21.9 Å². The van der Waals surface area contributed by atoms with Crippen molar-refractivity contribution in [2.24, 2.45) is 0 Å². The first-order valence-corrected chi connectivity index (χ1v) is 11.5. The van der Waals surface area contributed by atoms with Gasteiger partial charge in [0, 0.05) is 25.9 Å². The highest BCUT2D eigenvalue weighted by Gasteiger charge is 2.24. The van der Waals surface area contributed by atoms with E-state index in [4.69, 9.17) is 4.52 Å². The molecule has 0 bridgehead atoms. The maximum atomic E-state index is 12.8. The summed E-state index contributed by atoms with van der Waals surface area (Å²) in [5.41, 5.74) is 1.10. The minimum Gasteiger partial charge on any atom is -0.339 e. The summed E-state index contributed by atoms with van der Waals surface area (Å²) in [6.07, 6.45) is 6.32. The van der Waals surface area contributed by atoms with Crippen LogP contribution in [0.4, 0.5) is 0 Å². The summed E-state index contributed by atoms with van der Waals surface area (Å²) in [6, 6.07) is 7.14. The van der Waals surface area contributed by atoms with Crippen molar-refractivity contribution in [3.05, 3.63) is 41.5 Å². The van der Waals surface area contributed by atoms with Crippen molar-refractivity contribution in [1.82, 2.24) is 14.4 Å². The molecule has 154 valence electrons. The van der Waals surface area contributed by atoms with Crippen molar-refractivity contribution in [2.45, 2.75) is 75.5 Å². The van der Waals surface area contributed by atoms with Crippen LogP contribution in [0.1, 0.15) is 76.1 Å². The summed E-state index contributed by atoms with van der Waals surface area (Å²) >= 11 is 0. The monoisotopic (exact) mass is 405 g/mol. The zero-order valence-electron chi connectivity index (χ0n) is 17.3. The Morgan fingerprint density at radius 1 is 1.11 bits per heavy atom. The van der Waals surface area contributed by atoms with Gasteiger partial charge in [-0.1, -0.05) is 57.3 Å². The molecule has 2 aromatic rings. The van der Waals surface area contributed by atoms with Gasteiger partial charge in [0.2, 0.25) is 15.9 Å². The van der Waals surface area contributed by atoms with Gasteiger partial charge in [0.15, 0.2) is 5.82 Å². The van der Waals surface area contributed by atoms with Crippen LogP contribution in [0.5, 0.6) is 0 Å². The molecule has 1 aliphatic rings. The molecule has 1 fully saturated rings. The van der Waals surface area contributed by atoms with Gasteiger partial charge < -0.3 is 4.52 Å². The molecule has 0 atom stereocenters. The Balaban J connectivity index is 1.62. The van der Waals surface area contributed by atoms with Crippen LogP contribution in [-0.4, -0.2) is 36.5 Å². The number of hydrogen-bond donors (Lipinski definition) is 0. The maximum Gasteiger partial charge on any atom is 0.242 e. The summed E-state index contributed by atoms with van der Waals surface area (Å²) in [7, 11) is -1.95. The molecule has 7 heteroatoms. The summed E-state index contributed by atoms with van der Waals surface area (Å²) in [4.78, 5) is 4.80. The van der Waals surface area contributed by atoms with Gasteiger partial charge in [0.1, 0.15) is 0 Å². The van der Waals surface area contributed by atoms with Crippen molar-refractivity contribution in [3.8, 4) is 0 Å². The predicted octanol–water partition coefficient (Wildman–Crippen LogP) is 4.28. The van der Waals surface area contributed by atoms with Crippen molar-refractivity contribution in [1.29, 1.82) is 0 Å². The fourth-order valence-corrected chi connectivity index (χ4v) is 4.74. The van der Waals surface area contributed by atoms with Crippen molar-refractivity contribution < 1.29 is 12.9 Å². The van der Waals surface area contributed by atoms with Crippen molar-refractivity contribution in [3.63, 3.8) is 0 Å². The molecule has 0 saturated heterocycles. The van der Waals surface area contributed by atoms with Gasteiger partial charge in [-0.2, -0.15) is 4.98 Å². The van der Waals surface area contributed by atoms with Gasteiger partial charge in [-0.25, -0.2) is 12.7 Å². The predicted molar refractivity (Wildman–Crippen MR) is 109 cm³/mol. The van der Waals surface area contributed by atoms with E-state index in [9.17, 15) is 8.42 Å². The Morgan fingerprint density at radius 2 is 1.75 bits per heavy atom. The van der Waals surface area contributed by atoms with Crippen LogP contribution >= 0.6 is 0 Å². The topological polar surface area (TPSA) is 76.3 Å². The number of aromatic nitrogens is 2. The van der Waals surface area contributed by atoms with Crippen LogP contribution in [0.2, 0.25) is 0 Å². The molecular formula is C21H31N3O3S. The Bertz CT molecular complexity index is 876. The number of likely N-dealkylation sites (N-methyl/N-ethyl adjacent to an activating group) is 1. The highest BCUT2D eigenvalue weighted by molar-refractivity contribution is 7.89. The Labute approximate surface area is 168 Å². The number of sulfonamides is 1. The molecule has 1 aromatic carbocycles. The lowest BCUT2D eigenvalue weighted by atomic mass is 9.87. The lowest BCUT2D eigenvalue weighted by Crippen LogP contribution is -2.29. The van der Waals surface area contributed by atoms with Crippen LogP contribution in [0.15, 0.2) is 33.7 Å². The molecule has 1 saturated carbocycles. The summed E-state index contributed by atoms with van der Waals surface area (Å²) in [5.74, 6) is 1.64. The number of hydrogen-bond acceptors (Lipinski definition) is 5. The first-order valence-electron chi connectivity index (χ1n) is 10.1. The second-order valence-corrected chi connectivity index (χ2v) is 10.8. The minimum atomic E-state index is -3.54. The summed E-state index contributed by atoms with van der Waals surface area (Å²) < 4.78 is 32.4. The van der Waals surface area contributed by atoms with Gasteiger partial charge >= 0.3 is 0 Å². The minimum absolute atomic E-state index is 0.0111. The molecule has 1 aliphatic carbocycles. The van der Waals surface area contributed by atoms with Crippen molar-refractivity contribution >= 4 is 10.0 Å². The molecule has 0 aliphatic heterocycles. The van der Waals surface area contributed by atoms with E-state index in [1.165, 1.54) is 23.6 Å². The van der Waals surface area contributed by atoms with E-state index in [1.54, 1.807) is 19.2 Å². The number of rotatable bonds is 6. The van der Waals surface area contributed by atoms with Gasteiger partial charge in [-0.05, 0) is 36.0 Å². The third kappa shape index (κ3) is 4.81. The standard InChI is InChI=1S/C21H31N3O3S/c1-21(2,3)17-10-12-18(13-11-17)28(25,26)24(4)15-14-19-22-20(27-23-19)16-8-6-5-7-9-16/h10-13,16H,5-9,14-15H2,1-4H3. The zero-order chi connectivity index (χ0) is 20.4. The van der Waals surface area contributed by atoms with Gasteiger partial charge in [0.05, 0.1) is 4.90 Å². The summed E-state index contributed by atoms with van der Waals surface area (Å²) in [5, 5.41) is 4.05. The normalized spacial score (nSPS) is 16.6. The molecule has 1 aromatic heterocycles. The lowest BCUT2D eigenvalue weighted by molar-refractivity contribution is 0.311. The Kier molecular flexibility index (Phi) is 6.25. The average Bonchev–Trinajstić information content (AvgIpc) is 3.15. The van der Waals surface area contributed by atoms with Crippen molar-refractivity contribution in [2.75, 3.05) is 13.6 Å². The van der Waals surface area contributed by atoms with E-state index < -0.39 is 10.0 Å². The Morgan fingerprint density at radius 3 is 2.36 bits per heavy atom. The molecule has 1 heterocycles. The molecule has 0 N–H and O–H groups in total. The largest absolute Gasteiger partial charge is 0.339 e. The van der Waals surface area contributed by atoms with E-state index in [0.717, 1.165) is 18.4 Å². The van der Waals surface area contributed by atoms with E-state index >= 15 is 0 Å². The van der Waals surface area contributed by atoms with Gasteiger partial charge in [0.25, 0.3) is 0 Å². The highest BCUT2D eigenvalue weighted by Crippen LogP contribution is 2.31. The molecule has 0 amide bonds. The molecule has 6 nitrogen and oxygen atoms in total. The van der Waals surface area contributed by atoms with Crippen LogP contribution in [0.25, 0.3) is 0 Å². The van der Waals surface area contributed by atoms with E-state index in [1.807, 2.05) is 12.1 Å². The third-order valence-electron chi connectivity index (χ3n) is 5.52. The smallest absolute Gasteiger partial charge is 0.242 e. The molecule has 0 unspecified atom stereocenters. The maximum absolute atomic E-state index is 12.8. The zero-order valence-corrected chi connectivity index (χ0v) is 18.1. The quantitative estimate of drug-likeness (QED) is 0.717. The first kappa shape index (κ1) is 21.0. The molecule has 3 rings (SSSR count). The van der Waals surface area contributed by atoms with Crippen LogP contribution in [0, 0.1) is 0 Å². The molecule has 0 radical (unpaired) electrons. The fourth-order valence-electron chi connectivity index (χ4n) is 3.57.